The molecular formula is C22H32O5. The summed E-state index contributed by atoms with van der Waals surface area (Å²) < 4.78 is 5.90. The van der Waals surface area contributed by atoms with Crippen LogP contribution in [0.1, 0.15) is 57.4 Å². The van der Waals surface area contributed by atoms with Gasteiger partial charge in [-0.15, -0.1) is 0 Å². The van der Waals surface area contributed by atoms with E-state index in [0.29, 0.717) is 30.6 Å². The number of carbonyl (C=O) groups excluding carboxylic acids is 1. The fraction of sp³-hybridized carbons (Fsp3) is 0.591. The second kappa shape index (κ2) is 11.1. The zero-order valence-corrected chi connectivity index (χ0v) is 16.2. The number of phenolic OH excluding ortho intramolecular Hbond substituents is 1. The van der Waals surface area contributed by atoms with Crippen LogP contribution in [0.25, 0.3) is 0 Å². The standard InChI is InChI=1S/C22H32O5/c1-2-17(11-12-23)18(15-24)14-19(25)9-7-16-8-10-21(26)22(13-16)27-20-5-3-4-6-20/h8,10,13-14,17,20,23-24,26H,2-7,9,11-12,15H2,1H3. The Kier molecular flexibility index (Phi) is 8.82. The first kappa shape index (κ1) is 21.5. The minimum absolute atomic E-state index is 0.0315. The van der Waals surface area contributed by atoms with Gasteiger partial charge >= 0.3 is 0 Å². The van der Waals surface area contributed by atoms with E-state index in [1.807, 2.05) is 13.0 Å². The molecule has 0 bridgehead atoms. The van der Waals surface area contributed by atoms with Gasteiger partial charge in [0, 0.05) is 13.0 Å². The van der Waals surface area contributed by atoms with Crippen molar-refractivity contribution in [2.45, 2.75) is 64.4 Å². The van der Waals surface area contributed by atoms with E-state index < -0.39 is 0 Å². The number of aromatic hydroxyl groups is 1. The summed E-state index contributed by atoms with van der Waals surface area (Å²) in [6.07, 6.45) is 8.25. The number of benzene rings is 1. The first-order chi connectivity index (χ1) is 13.1. The minimum atomic E-state index is -0.164. The van der Waals surface area contributed by atoms with Gasteiger partial charge in [0.1, 0.15) is 0 Å². The van der Waals surface area contributed by atoms with Crippen LogP contribution < -0.4 is 4.74 Å². The maximum Gasteiger partial charge on any atom is 0.161 e. The molecule has 1 aliphatic carbocycles. The molecule has 1 aliphatic rings. The van der Waals surface area contributed by atoms with E-state index in [9.17, 15) is 15.0 Å². The maximum absolute atomic E-state index is 12.3. The second-order valence-corrected chi connectivity index (χ2v) is 7.29. The van der Waals surface area contributed by atoms with Crippen molar-refractivity contribution in [3.05, 3.63) is 35.4 Å². The number of carbonyl (C=O) groups is 1. The molecule has 0 aromatic heterocycles. The normalized spacial score (nSPS) is 16.5. The quantitative estimate of drug-likeness (QED) is 0.514. The third-order valence-electron chi connectivity index (χ3n) is 5.30. The number of ether oxygens (including phenoxy) is 1. The van der Waals surface area contributed by atoms with Gasteiger partial charge in [0.05, 0.1) is 12.7 Å². The van der Waals surface area contributed by atoms with Crippen molar-refractivity contribution >= 4 is 5.78 Å². The monoisotopic (exact) mass is 376 g/mol. The number of phenols is 1. The Bertz CT molecular complexity index is 632. The summed E-state index contributed by atoms with van der Waals surface area (Å²) in [7, 11) is 0. The highest BCUT2D eigenvalue weighted by atomic mass is 16.5. The molecule has 1 atom stereocenters. The lowest BCUT2D eigenvalue weighted by molar-refractivity contribution is -0.114. The zero-order valence-electron chi connectivity index (χ0n) is 16.2. The van der Waals surface area contributed by atoms with E-state index in [4.69, 9.17) is 9.84 Å². The van der Waals surface area contributed by atoms with E-state index >= 15 is 0 Å². The van der Waals surface area contributed by atoms with E-state index in [0.717, 1.165) is 37.7 Å². The lowest BCUT2D eigenvalue weighted by Gasteiger charge is -2.16. The highest BCUT2D eigenvalue weighted by Crippen LogP contribution is 2.32. The first-order valence-corrected chi connectivity index (χ1v) is 10.0. The highest BCUT2D eigenvalue weighted by Gasteiger charge is 2.18. The lowest BCUT2D eigenvalue weighted by atomic mass is 9.92. The molecule has 27 heavy (non-hydrogen) atoms. The van der Waals surface area contributed by atoms with E-state index in [2.05, 4.69) is 0 Å². The number of ketones is 1. The molecular weight excluding hydrogens is 344 g/mol. The SMILES string of the molecule is CCC(CCO)C(=CC(=O)CCc1ccc(O)c(OC2CCCC2)c1)CO. The van der Waals surface area contributed by atoms with Crippen LogP contribution in [-0.4, -0.2) is 40.4 Å². The summed E-state index contributed by atoms with van der Waals surface area (Å²) >= 11 is 0. The molecule has 0 amide bonds. The number of aliphatic hydroxyl groups excluding tert-OH is 2. The topological polar surface area (TPSA) is 87.0 Å². The molecule has 1 unspecified atom stereocenters. The van der Waals surface area contributed by atoms with Gasteiger partial charge in [0.2, 0.25) is 0 Å². The Morgan fingerprint density at radius 3 is 2.67 bits per heavy atom. The Hall–Kier alpha value is -1.85. The van der Waals surface area contributed by atoms with Gasteiger partial charge in [-0.1, -0.05) is 13.0 Å². The van der Waals surface area contributed by atoms with E-state index in [1.54, 1.807) is 12.1 Å². The molecule has 0 spiro atoms. The van der Waals surface area contributed by atoms with Gasteiger partial charge < -0.3 is 20.1 Å². The van der Waals surface area contributed by atoms with Gasteiger partial charge in [-0.3, -0.25) is 4.79 Å². The van der Waals surface area contributed by atoms with Gasteiger partial charge in [-0.2, -0.15) is 0 Å². The number of hydrogen-bond donors (Lipinski definition) is 3. The van der Waals surface area contributed by atoms with Crippen molar-refractivity contribution in [3.63, 3.8) is 0 Å². The Morgan fingerprint density at radius 2 is 2.04 bits per heavy atom. The lowest BCUT2D eigenvalue weighted by Crippen LogP contribution is -2.12. The summed E-state index contributed by atoms with van der Waals surface area (Å²) in [5, 5.41) is 28.7. The Balaban J connectivity index is 1.96. The molecule has 0 aliphatic heterocycles. The highest BCUT2D eigenvalue weighted by molar-refractivity contribution is 5.90. The second-order valence-electron chi connectivity index (χ2n) is 7.29. The predicted octanol–water partition coefficient (Wildman–Crippen LogP) is 3.54. The average Bonchev–Trinajstić information content (AvgIpc) is 3.18. The molecule has 3 N–H and O–H groups in total. The molecule has 0 saturated heterocycles. The van der Waals surface area contributed by atoms with Gasteiger partial charge in [0.25, 0.3) is 0 Å². The Labute approximate surface area is 161 Å². The van der Waals surface area contributed by atoms with Crippen LogP contribution in [0.5, 0.6) is 11.5 Å². The number of rotatable bonds is 11. The predicted molar refractivity (Wildman–Crippen MR) is 105 cm³/mol. The molecule has 1 aromatic carbocycles. The van der Waals surface area contributed by atoms with Crippen LogP contribution in [-0.2, 0) is 11.2 Å². The molecule has 0 radical (unpaired) electrons. The molecule has 0 heterocycles. The van der Waals surface area contributed by atoms with Crippen molar-refractivity contribution in [2.24, 2.45) is 5.92 Å². The average molecular weight is 376 g/mol. The summed E-state index contributed by atoms with van der Waals surface area (Å²) in [5.41, 5.74) is 1.63. The van der Waals surface area contributed by atoms with Crippen LogP contribution in [0.3, 0.4) is 0 Å². The number of allylic oxidation sites excluding steroid dienone is 1. The van der Waals surface area contributed by atoms with Crippen LogP contribution in [0.4, 0.5) is 0 Å². The van der Waals surface area contributed by atoms with Crippen molar-refractivity contribution in [3.8, 4) is 11.5 Å². The molecule has 1 saturated carbocycles. The van der Waals surface area contributed by atoms with Crippen molar-refractivity contribution in [1.82, 2.24) is 0 Å². The van der Waals surface area contributed by atoms with E-state index in [-0.39, 0.29) is 36.8 Å². The number of aryl methyl sites for hydroxylation is 1. The maximum atomic E-state index is 12.3. The largest absolute Gasteiger partial charge is 0.504 e. The van der Waals surface area contributed by atoms with Gasteiger partial charge in [-0.25, -0.2) is 0 Å². The third kappa shape index (κ3) is 6.67. The fourth-order valence-electron chi connectivity index (χ4n) is 3.64. The minimum Gasteiger partial charge on any atom is -0.504 e. The smallest absolute Gasteiger partial charge is 0.161 e. The molecule has 5 heteroatoms. The number of aliphatic hydroxyl groups is 2. The first-order valence-electron chi connectivity index (χ1n) is 10.0. The zero-order chi connectivity index (χ0) is 19.6. The van der Waals surface area contributed by atoms with Gasteiger partial charge in [0.15, 0.2) is 17.3 Å². The van der Waals surface area contributed by atoms with Crippen LogP contribution in [0.2, 0.25) is 0 Å². The summed E-state index contributed by atoms with van der Waals surface area (Å²) in [6, 6.07) is 5.24. The van der Waals surface area contributed by atoms with Gasteiger partial charge in [-0.05, 0) is 80.2 Å². The molecule has 5 nitrogen and oxygen atoms in total. The molecule has 1 fully saturated rings. The van der Waals surface area contributed by atoms with Crippen molar-refractivity contribution < 1.29 is 24.9 Å². The van der Waals surface area contributed by atoms with Crippen molar-refractivity contribution in [2.75, 3.05) is 13.2 Å². The Morgan fingerprint density at radius 1 is 1.30 bits per heavy atom. The van der Waals surface area contributed by atoms with E-state index in [1.165, 1.54) is 6.08 Å². The summed E-state index contributed by atoms with van der Waals surface area (Å²) in [5.74, 6) is 0.618. The molecule has 1 aromatic rings. The molecule has 2 rings (SSSR count). The summed E-state index contributed by atoms with van der Waals surface area (Å²) in [6.45, 7) is 1.86. The summed E-state index contributed by atoms with van der Waals surface area (Å²) in [4.78, 5) is 12.3. The molecule has 150 valence electrons. The van der Waals surface area contributed by atoms with Crippen LogP contribution >= 0.6 is 0 Å². The fourth-order valence-corrected chi connectivity index (χ4v) is 3.64. The third-order valence-corrected chi connectivity index (χ3v) is 5.30. The van der Waals surface area contributed by atoms with Crippen molar-refractivity contribution in [1.29, 1.82) is 0 Å². The van der Waals surface area contributed by atoms with Crippen LogP contribution in [0.15, 0.2) is 29.8 Å². The number of hydrogen-bond acceptors (Lipinski definition) is 5. The van der Waals surface area contributed by atoms with Crippen LogP contribution in [0, 0.1) is 5.92 Å².